The molecule has 1 saturated heterocycles. The molecule has 0 bridgehead atoms. The lowest BCUT2D eigenvalue weighted by Crippen LogP contribution is -2.54. The zero-order chi connectivity index (χ0) is 18.8. The quantitative estimate of drug-likeness (QED) is 0.581. The monoisotopic (exact) mass is 380 g/mol. The molecule has 1 aromatic heterocycles. The Kier molecular flexibility index (Phi) is 9.39. The number of aromatic nitrogens is 1. The molecule has 146 valence electrons. The second-order valence-electron chi connectivity index (χ2n) is 6.56. The minimum atomic E-state index is -0.130. The van der Waals surface area contributed by atoms with Gasteiger partial charge < -0.3 is 4.74 Å². The smallest absolute Gasteiger partial charge is 0.251 e. The number of likely N-dealkylation sites (N-methyl/N-ethyl adjacent to an activating group) is 1. The van der Waals surface area contributed by atoms with Crippen LogP contribution in [0.5, 0.6) is 0 Å². The molecule has 1 aliphatic rings. The van der Waals surface area contributed by atoms with Gasteiger partial charge in [-0.1, -0.05) is 19.9 Å². The standard InChI is InChI=1S/C19H32N4O2S/c1-4-10-23(11-5-2)17(16-22-12-14-25-15-13-22)19(24)21(3)26-18-8-6-7-9-20-18/h6-9,17H,4-5,10-16H2,1-3H3. The molecule has 2 heterocycles. The maximum Gasteiger partial charge on any atom is 0.251 e. The predicted molar refractivity (Wildman–Crippen MR) is 106 cm³/mol. The molecule has 0 saturated carbocycles. The largest absolute Gasteiger partial charge is 0.379 e. The molecule has 6 nitrogen and oxygen atoms in total. The lowest BCUT2D eigenvalue weighted by Gasteiger charge is -2.37. The van der Waals surface area contributed by atoms with Crippen LogP contribution in [0.25, 0.3) is 0 Å². The Bertz CT molecular complexity index is 520. The molecule has 1 atom stereocenters. The Balaban J connectivity index is 2.09. The topological polar surface area (TPSA) is 48.9 Å². The first kappa shape index (κ1) is 21.2. The van der Waals surface area contributed by atoms with E-state index in [-0.39, 0.29) is 11.9 Å². The van der Waals surface area contributed by atoms with E-state index in [1.54, 1.807) is 10.5 Å². The van der Waals surface area contributed by atoms with Gasteiger partial charge in [0.15, 0.2) is 0 Å². The fourth-order valence-corrected chi connectivity index (χ4v) is 3.91. The molecule has 1 aromatic rings. The SMILES string of the molecule is CCCN(CCC)C(CN1CCOCC1)C(=O)N(C)Sc1ccccn1. The van der Waals surface area contributed by atoms with Gasteiger partial charge >= 0.3 is 0 Å². The van der Waals surface area contributed by atoms with Crippen LogP contribution >= 0.6 is 11.9 Å². The van der Waals surface area contributed by atoms with E-state index in [1.165, 1.54) is 11.9 Å². The van der Waals surface area contributed by atoms with Crippen LogP contribution in [0.2, 0.25) is 0 Å². The van der Waals surface area contributed by atoms with E-state index in [4.69, 9.17) is 4.74 Å². The van der Waals surface area contributed by atoms with Gasteiger partial charge in [0.2, 0.25) is 0 Å². The number of rotatable bonds is 10. The van der Waals surface area contributed by atoms with Crippen molar-refractivity contribution >= 4 is 17.9 Å². The van der Waals surface area contributed by atoms with Crippen LogP contribution in [-0.2, 0) is 9.53 Å². The van der Waals surface area contributed by atoms with E-state index in [0.717, 1.165) is 63.8 Å². The van der Waals surface area contributed by atoms with Crippen LogP contribution in [0.4, 0.5) is 0 Å². The first-order chi connectivity index (χ1) is 12.7. The van der Waals surface area contributed by atoms with Gasteiger partial charge in [-0.3, -0.25) is 18.9 Å². The highest BCUT2D eigenvalue weighted by atomic mass is 32.2. The Labute approximate surface area is 162 Å². The number of hydrogen-bond acceptors (Lipinski definition) is 6. The maximum atomic E-state index is 13.3. The van der Waals surface area contributed by atoms with Gasteiger partial charge in [0, 0.05) is 44.8 Å². The summed E-state index contributed by atoms with van der Waals surface area (Å²) in [4.78, 5) is 22.3. The minimum Gasteiger partial charge on any atom is -0.379 e. The van der Waals surface area contributed by atoms with Gasteiger partial charge in [-0.25, -0.2) is 4.98 Å². The van der Waals surface area contributed by atoms with Crippen LogP contribution in [0.3, 0.4) is 0 Å². The second-order valence-corrected chi connectivity index (χ2v) is 7.71. The van der Waals surface area contributed by atoms with E-state index in [2.05, 4.69) is 28.6 Å². The molecule has 1 unspecified atom stereocenters. The summed E-state index contributed by atoms with van der Waals surface area (Å²) in [6, 6.07) is 5.63. The summed E-state index contributed by atoms with van der Waals surface area (Å²) < 4.78 is 7.20. The zero-order valence-corrected chi connectivity index (χ0v) is 17.1. The molecule has 0 N–H and O–H groups in total. The summed E-state index contributed by atoms with van der Waals surface area (Å²) in [5.74, 6) is 0.147. The zero-order valence-electron chi connectivity index (χ0n) is 16.3. The summed E-state index contributed by atoms with van der Waals surface area (Å²) in [6.07, 6.45) is 3.85. The van der Waals surface area contributed by atoms with Crippen molar-refractivity contribution in [3.63, 3.8) is 0 Å². The molecule has 2 rings (SSSR count). The molecule has 0 aromatic carbocycles. The number of ether oxygens (including phenoxy) is 1. The number of carbonyl (C=O) groups is 1. The molecule has 0 aliphatic carbocycles. The molecule has 1 amide bonds. The Morgan fingerprint density at radius 2 is 1.96 bits per heavy atom. The van der Waals surface area contributed by atoms with Crippen molar-refractivity contribution in [2.45, 2.75) is 37.8 Å². The molecule has 26 heavy (non-hydrogen) atoms. The van der Waals surface area contributed by atoms with Crippen LogP contribution in [-0.4, -0.2) is 84.0 Å². The first-order valence-corrected chi connectivity index (χ1v) is 10.3. The van der Waals surface area contributed by atoms with Crippen molar-refractivity contribution in [2.75, 3.05) is 53.0 Å². The van der Waals surface area contributed by atoms with Crippen molar-refractivity contribution in [1.82, 2.24) is 19.1 Å². The van der Waals surface area contributed by atoms with E-state index >= 15 is 0 Å². The Morgan fingerprint density at radius 3 is 2.54 bits per heavy atom. The number of amides is 1. The molecular weight excluding hydrogens is 348 g/mol. The highest BCUT2D eigenvalue weighted by molar-refractivity contribution is 7.97. The second kappa shape index (κ2) is 11.5. The van der Waals surface area contributed by atoms with Crippen LogP contribution in [0.15, 0.2) is 29.4 Å². The van der Waals surface area contributed by atoms with E-state index in [0.29, 0.717) is 0 Å². The number of nitrogens with zero attached hydrogens (tertiary/aromatic N) is 4. The van der Waals surface area contributed by atoms with Gasteiger partial charge in [0.05, 0.1) is 13.2 Å². The highest BCUT2D eigenvalue weighted by Gasteiger charge is 2.30. The highest BCUT2D eigenvalue weighted by Crippen LogP contribution is 2.21. The van der Waals surface area contributed by atoms with Crippen LogP contribution in [0.1, 0.15) is 26.7 Å². The van der Waals surface area contributed by atoms with Crippen LogP contribution < -0.4 is 0 Å². The fraction of sp³-hybridized carbons (Fsp3) is 0.684. The summed E-state index contributed by atoms with van der Waals surface area (Å²) in [6.45, 7) is 10.3. The Hall–Kier alpha value is -1.15. The molecule has 0 radical (unpaired) electrons. The number of morpholine rings is 1. The normalized spacial score (nSPS) is 16.6. The van der Waals surface area contributed by atoms with Gasteiger partial charge in [-0.2, -0.15) is 0 Å². The summed E-state index contributed by atoms with van der Waals surface area (Å²) >= 11 is 1.40. The number of hydrogen-bond donors (Lipinski definition) is 0. The van der Waals surface area contributed by atoms with Crippen molar-refractivity contribution in [3.05, 3.63) is 24.4 Å². The van der Waals surface area contributed by atoms with Crippen LogP contribution in [0, 0.1) is 0 Å². The number of carbonyl (C=O) groups excluding carboxylic acids is 1. The summed E-state index contributed by atoms with van der Waals surface area (Å²) in [5.41, 5.74) is 0. The van der Waals surface area contributed by atoms with E-state index < -0.39 is 0 Å². The number of pyridine rings is 1. The van der Waals surface area contributed by atoms with E-state index in [9.17, 15) is 4.79 Å². The van der Waals surface area contributed by atoms with Crippen molar-refractivity contribution in [3.8, 4) is 0 Å². The molecular formula is C19H32N4O2S. The Morgan fingerprint density at radius 1 is 1.27 bits per heavy atom. The third-order valence-corrected chi connectivity index (χ3v) is 5.34. The average molecular weight is 381 g/mol. The maximum absolute atomic E-state index is 13.3. The minimum absolute atomic E-state index is 0.130. The molecule has 1 fully saturated rings. The molecule has 1 aliphatic heterocycles. The first-order valence-electron chi connectivity index (χ1n) is 9.56. The average Bonchev–Trinajstić information content (AvgIpc) is 2.67. The molecule has 0 spiro atoms. The van der Waals surface area contributed by atoms with E-state index in [1.807, 2.05) is 25.2 Å². The van der Waals surface area contributed by atoms with Crippen molar-refractivity contribution in [2.24, 2.45) is 0 Å². The summed E-state index contributed by atoms with van der Waals surface area (Å²) in [7, 11) is 1.85. The van der Waals surface area contributed by atoms with Crippen molar-refractivity contribution in [1.29, 1.82) is 0 Å². The third-order valence-electron chi connectivity index (χ3n) is 4.46. The lowest BCUT2D eigenvalue weighted by atomic mass is 10.1. The van der Waals surface area contributed by atoms with Gasteiger partial charge in [-0.05, 0) is 38.1 Å². The van der Waals surface area contributed by atoms with Gasteiger partial charge in [-0.15, -0.1) is 0 Å². The third kappa shape index (κ3) is 6.54. The summed E-state index contributed by atoms with van der Waals surface area (Å²) in [5, 5.41) is 0.839. The van der Waals surface area contributed by atoms with Gasteiger partial charge in [0.25, 0.3) is 5.91 Å². The predicted octanol–water partition coefficient (Wildman–Crippen LogP) is 2.37. The fourth-order valence-electron chi connectivity index (χ4n) is 3.17. The van der Waals surface area contributed by atoms with Crippen molar-refractivity contribution < 1.29 is 9.53 Å². The van der Waals surface area contributed by atoms with Gasteiger partial charge in [0.1, 0.15) is 11.1 Å². The molecule has 7 heteroatoms. The lowest BCUT2D eigenvalue weighted by molar-refractivity contribution is -0.132.